The van der Waals surface area contributed by atoms with Crippen LogP contribution in [-0.2, 0) is 22.6 Å². The van der Waals surface area contributed by atoms with Gasteiger partial charge in [-0.3, -0.25) is 9.78 Å². The van der Waals surface area contributed by atoms with Crippen LogP contribution in [0.1, 0.15) is 11.1 Å². The Morgan fingerprint density at radius 3 is 2.29 bits per heavy atom. The number of fused-ring (bicyclic) bond motifs is 1. The van der Waals surface area contributed by atoms with Crippen molar-refractivity contribution in [3.63, 3.8) is 0 Å². The van der Waals surface area contributed by atoms with Crippen molar-refractivity contribution in [2.24, 2.45) is 0 Å². The van der Waals surface area contributed by atoms with Gasteiger partial charge in [-0.15, -0.1) is 0 Å². The van der Waals surface area contributed by atoms with Crippen LogP contribution >= 0.6 is 15.9 Å². The van der Waals surface area contributed by atoms with Gasteiger partial charge in [-0.05, 0) is 63.5 Å². The van der Waals surface area contributed by atoms with E-state index in [0.717, 1.165) is 44.5 Å². The Morgan fingerprint density at radius 2 is 1.63 bits per heavy atom. The number of pyridine rings is 1. The third-order valence-electron chi connectivity index (χ3n) is 5.85. The highest BCUT2D eigenvalue weighted by atomic mass is 79.9. The molecule has 0 radical (unpaired) electrons. The number of alkyl halides is 3. The van der Waals surface area contributed by atoms with Crippen LogP contribution in [0.3, 0.4) is 0 Å². The smallest absolute Gasteiger partial charge is 0.475 e. The van der Waals surface area contributed by atoms with Crippen LogP contribution in [0.15, 0.2) is 108 Å². The second-order valence-electron chi connectivity index (χ2n) is 8.87. The van der Waals surface area contributed by atoms with Gasteiger partial charge in [0.2, 0.25) is 5.91 Å². The summed E-state index contributed by atoms with van der Waals surface area (Å²) in [7, 11) is 0. The first kappa shape index (κ1) is 29.3. The predicted octanol–water partition coefficient (Wildman–Crippen LogP) is 7.41. The number of hydrogen-bond acceptors (Lipinski definition) is 4. The fourth-order valence-corrected chi connectivity index (χ4v) is 4.52. The average Bonchev–Trinajstić information content (AvgIpc) is 3.28. The largest absolute Gasteiger partial charge is 0.490 e. The maximum Gasteiger partial charge on any atom is 0.490 e. The van der Waals surface area contributed by atoms with Crippen molar-refractivity contribution < 1.29 is 27.9 Å². The summed E-state index contributed by atoms with van der Waals surface area (Å²) in [5, 5.41) is 14.6. The molecule has 5 aromatic rings. The molecule has 2 heterocycles. The predicted molar refractivity (Wildman–Crippen MR) is 155 cm³/mol. The molecule has 1 amide bonds. The van der Waals surface area contributed by atoms with Crippen molar-refractivity contribution in [3.8, 4) is 0 Å². The molecular formula is C30H24BrF3N4O3. The Hall–Kier alpha value is -4.64. The normalized spacial score (nSPS) is 10.9. The number of rotatable bonds is 7. The van der Waals surface area contributed by atoms with Gasteiger partial charge in [0.05, 0.1) is 24.0 Å². The third-order valence-corrected chi connectivity index (χ3v) is 6.51. The summed E-state index contributed by atoms with van der Waals surface area (Å²) in [4.78, 5) is 25.9. The molecular weight excluding hydrogens is 601 g/mol. The van der Waals surface area contributed by atoms with Crippen LogP contribution in [-0.4, -0.2) is 32.7 Å². The van der Waals surface area contributed by atoms with E-state index in [9.17, 15) is 18.0 Å². The highest BCUT2D eigenvalue weighted by Gasteiger charge is 2.38. The number of halogens is 4. The number of nitrogens with zero attached hydrogens (tertiary/aromatic N) is 2. The minimum Gasteiger partial charge on any atom is -0.475 e. The zero-order chi connectivity index (χ0) is 29.4. The standard InChI is InChI=1S/C28H23BrN4O.C2HF3O2/c29-25-16-22(12-13-26(25)31-23-9-6-14-30-17-23)32-28(34)15-21-19-33(18-20-7-2-1-3-8-20)27-11-5-4-10-24(21)27;3-2(4,5)1(6)7/h1-14,16-17,19,31H,15,18H2,(H,32,34);(H,6,7). The van der Waals surface area contributed by atoms with E-state index in [1.54, 1.807) is 12.4 Å². The van der Waals surface area contributed by atoms with Crippen molar-refractivity contribution in [2.75, 3.05) is 10.6 Å². The van der Waals surface area contributed by atoms with Gasteiger partial charge in [-0.1, -0.05) is 48.5 Å². The van der Waals surface area contributed by atoms with Gasteiger partial charge in [-0.2, -0.15) is 13.2 Å². The maximum atomic E-state index is 12.9. The topological polar surface area (TPSA) is 96.3 Å². The molecule has 7 nitrogen and oxygen atoms in total. The highest BCUT2D eigenvalue weighted by Crippen LogP contribution is 2.29. The van der Waals surface area contributed by atoms with E-state index < -0.39 is 12.1 Å². The van der Waals surface area contributed by atoms with E-state index in [2.05, 4.69) is 66.6 Å². The van der Waals surface area contributed by atoms with Crippen molar-refractivity contribution >= 4 is 55.8 Å². The zero-order valence-electron chi connectivity index (χ0n) is 21.4. The number of para-hydroxylation sites is 1. The lowest BCUT2D eigenvalue weighted by Crippen LogP contribution is -2.21. The molecule has 210 valence electrons. The second kappa shape index (κ2) is 13.1. The van der Waals surface area contributed by atoms with Gasteiger partial charge in [0.15, 0.2) is 0 Å². The molecule has 5 rings (SSSR count). The molecule has 0 aliphatic rings. The Morgan fingerprint density at radius 1 is 0.927 bits per heavy atom. The van der Waals surface area contributed by atoms with E-state index in [0.29, 0.717) is 6.42 Å². The minimum absolute atomic E-state index is 0.0533. The van der Waals surface area contributed by atoms with E-state index in [4.69, 9.17) is 9.90 Å². The fraction of sp³-hybridized carbons (Fsp3) is 0.100. The maximum absolute atomic E-state index is 12.9. The summed E-state index contributed by atoms with van der Waals surface area (Å²) in [6, 6.07) is 28.1. The molecule has 0 bridgehead atoms. The lowest BCUT2D eigenvalue weighted by molar-refractivity contribution is -0.192. The summed E-state index contributed by atoms with van der Waals surface area (Å²) >= 11 is 3.59. The highest BCUT2D eigenvalue weighted by molar-refractivity contribution is 9.10. The Kier molecular flexibility index (Phi) is 9.41. The van der Waals surface area contributed by atoms with E-state index in [1.165, 1.54) is 5.56 Å². The van der Waals surface area contributed by atoms with E-state index >= 15 is 0 Å². The van der Waals surface area contributed by atoms with Gasteiger partial charge in [0.1, 0.15) is 0 Å². The Bertz CT molecular complexity index is 1640. The van der Waals surface area contributed by atoms with Crippen LogP contribution in [0.5, 0.6) is 0 Å². The number of benzene rings is 3. The quantitative estimate of drug-likeness (QED) is 0.175. The zero-order valence-corrected chi connectivity index (χ0v) is 23.0. The van der Waals surface area contributed by atoms with E-state index in [1.807, 2.05) is 60.7 Å². The molecule has 0 saturated carbocycles. The number of carboxylic acids is 1. The van der Waals surface area contributed by atoms with Gasteiger partial charge in [0, 0.05) is 40.0 Å². The number of nitrogens with one attached hydrogen (secondary N) is 2. The van der Waals surface area contributed by atoms with Crippen LogP contribution in [0.2, 0.25) is 0 Å². The van der Waals surface area contributed by atoms with Gasteiger partial charge in [0.25, 0.3) is 0 Å². The van der Waals surface area contributed by atoms with Gasteiger partial charge in [-0.25, -0.2) is 4.79 Å². The molecule has 0 aliphatic carbocycles. The number of aromatic nitrogens is 2. The lowest BCUT2D eigenvalue weighted by Gasteiger charge is -2.11. The summed E-state index contributed by atoms with van der Waals surface area (Å²) in [6.45, 7) is 0.765. The number of anilines is 3. The molecule has 0 spiro atoms. The van der Waals surface area contributed by atoms with Crippen LogP contribution in [0, 0.1) is 0 Å². The first-order valence-electron chi connectivity index (χ1n) is 12.3. The summed E-state index contributed by atoms with van der Waals surface area (Å²) in [5.41, 5.74) is 5.90. The van der Waals surface area contributed by atoms with Crippen LogP contribution in [0.25, 0.3) is 10.9 Å². The second-order valence-corrected chi connectivity index (χ2v) is 9.73. The first-order chi connectivity index (χ1) is 19.6. The molecule has 41 heavy (non-hydrogen) atoms. The Balaban J connectivity index is 0.000000493. The molecule has 2 aromatic heterocycles. The molecule has 11 heteroatoms. The summed E-state index contributed by atoms with van der Waals surface area (Å²) < 4.78 is 34.8. The van der Waals surface area contributed by atoms with Crippen LogP contribution in [0.4, 0.5) is 30.2 Å². The lowest BCUT2D eigenvalue weighted by atomic mass is 10.1. The van der Waals surface area contributed by atoms with Crippen LogP contribution < -0.4 is 10.6 Å². The number of amides is 1. The molecule has 0 aliphatic heterocycles. The summed E-state index contributed by atoms with van der Waals surface area (Å²) in [5.74, 6) is -2.81. The number of carbonyl (C=O) groups excluding carboxylic acids is 1. The molecule has 3 aromatic carbocycles. The summed E-state index contributed by atoms with van der Waals surface area (Å²) in [6.07, 6.45) is 0.804. The monoisotopic (exact) mass is 624 g/mol. The van der Waals surface area contributed by atoms with Gasteiger partial charge < -0.3 is 20.3 Å². The number of aliphatic carboxylic acids is 1. The SMILES string of the molecule is O=C(Cc1cn(Cc2ccccc2)c2ccccc12)Nc1ccc(Nc2cccnc2)c(Br)c1.O=C(O)C(F)(F)F. The molecule has 0 fully saturated rings. The van der Waals surface area contributed by atoms with Crippen molar-refractivity contribution in [1.82, 2.24) is 9.55 Å². The Labute approximate surface area is 241 Å². The third kappa shape index (κ3) is 8.18. The fourth-order valence-electron chi connectivity index (χ4n) is 4.04. The molecule has 0 atom stereocenters. The molecule has 0 saturated heterocycles. The molecule has 3 N–H and O–H groups in total. The molecule has 0 unspecified atom stereocenters. The average molecular weight is 625 g/mol. The van der Waals surface area contributed by atoms with Crippen molar-refractivity contribution in [3.05, 3.63) is 119 Å². The van der Waals surface area contributed by atoms with E-state index in [-0.39, 0.29) is 5.91 Å². The number of carbonyl (C=O) groups is 2. The minimum atomic E-state index is -5.08. The number of carboxylic acid groups (broad SMARTS) is 1. The number of hydrogen-bond donors (Lipinski definition) is 3. The van der Waals surface area contributed by atoms with Crippen molar-refractivity contribution in [1.29, 1.82) is 0 Å². The van der Waals surface area contributed by atoms with Crippen molar-refractivity contribution in [2.45, 2.75) is 19.1 Å². The first-order valence-corrected chi connectivity index (χ1v) is 13.1. The van der Waals surface area contributed by atoms with Gasteiger partial charge >= 0.3 is 12.1 Å².